The van der Waals surface area contributed by atoms with Crippen molar-refractivity contribution in [1.29, 1.82) is 0 Å². The van der Waals surface area contributed by atoms with Crippen LogP contribution in [-0.4, -0.2) is 6.54 Å². The standard InChI is InChI=1S/C14H21BrClN/c1-4-6-17-14(10(3)5-2)11-7-12(15)9-13(16)8-11/h7-10,14,17H,4-6H2,1-3H3. The summed E-state index contributed by atoms with van der Waals surface area (Å²) in [5.41, 5.74) is 1.27. The molecular weight excluding hydrogens is 298 g/mol. The van der Waals surface area contributed by atoms with Crippen LogP contribution in [0.3, 0.4) is 0 Å². The van der Waals surface area contributed by atoms with Gasteiger partial charge in [-0.1, -0.05) is 54.7 Å². The monoisotopic (exact) mass is 317 g/mol. The second-order valence-electron chi connectivity index (χ2n) is 4.52. The van der Waals surface area contributed by atoms with Gasteiger partial charge in [-0.15, -0.1) is 0 Å². The molecule has 0 amide bonds. The Morgan fingerprint density at radius 1 is 1.29 bits per heavy atom. The first-order valence-corrected chi connectivity index (χ1v) is 7.45. The van der Waals surface area contributed by atoms with Gasteiger partial charge in [0.2, 0.25) is 0 Å². The van der Waals surface area contributed by atoms with Crippen LogP contribution in [0.5, 0.6) is 0 Å². The Labute approximate surface area is 118 Å². The number of rotatable bonds is 6. The van der Waals surface area contributed by atoms with Crippen molar-refractivity contribution in [3.8, 4) is 0 Å². The molecule has 1 aromatic rings. The number of benzene rings is 1. The van der Waals surface area contributed by atoms with E-state index in [-0.39, 0.29) is 0 Å². The number of nitrogens with one attached hydrogen (secondary N) is 1. The highest BCUT2D eigenvalue weighted by Crippen LogP contribution is 2.29. The summed E-state index contributed by atoms with van der Waals surface area (Å²) >= 11 is 9.63. The molecule has 1 nitrogen and oxygen atoms in total. The quantitative estimate of drug-likeness (QED) is 0.761. The number of halogens is 2. The van der Waals surface area contributed by atoms with Crippen molar-refractivity contribution >= 4 is 27.5 Å². The second-order valence-corrected chi connectivity index (χ2v) is 5.87. The smallest absolute Gasteiger partial charge is 0.0420 e. The zero-order chi connectivity index (χ0) is 12.8. The Hall–Kier alpha value is -0.0500. The van der Waals surface area contributed by atoms with Crippen molar-refractivity contribution in [2.24, 2.45) is 5.92 Å². The Kier molecular flexibility index (Phi) is 6.53. The van der Waals surface area contributed by atoms with Crippen molar-refractivity contribution in [2.45, 2.75) is 39.7 Å². The molecule has 0 bridgehead atoms. The summed E-state index contributed by atoms with van der Waals surface area (Å²) in [5.74, 6) is 0.604. The average Bonchev–Trinajstić information content (AvgIpc) is 2.28. The highest BCUT2D eigenvalue weighted by molar-refractivity contribution is 9.10. The number of hydrogen-bond acceptors (Lipinski definition) is 1. The average molecular weight is 319 g/mol. The molecule has 0 spiro atoms. The minimum atomic E-state index is 0.384. The van der Waals surface area contributed by atoms with Crippen LogP contribution in [0.2, 0.25) is 5.02 Å². The van der Waals surface area contributed by atoms with E-state index in [0.717, 1.165) is 28.9 Å². The number of hydrogen-bond donors (Lipinski definition) is 1. The molecule has 2 atom stereocenters. The zero-order valence-electron chi connectivity index (χ0n) is 10.8. The summed E-state index contributed by atoms with van der Waals surface area (Å²) in [7, 11) is 0. The largest absolute Gasteiger partial charge is 0.310 e. The van der Waals surface area contributed by atoms with E-state index in [0.29, 0.717) is 12.0 Å². The summed E-state index contributed by atoms with van der Waals surface area (Å²) in [6.45, 7) is 7.74. The highest BCUT2D eigenvalue weighted by atomic mass is 79.9. The Balaban J connectivity index is 2.94. The van der Waals surface area contributed by atoms with Gasteiger partial charge in [-0.25, -0.2) is 0 Å². The fourth-order valence-electron chi connectivity index (χ4n) is 1.94. The van der Waals surface area contributed by atoms with Gasteiger partial charge in [-0.3, -0.25) is 0 Å². The van der Waals surface area contributed by atoms with E-state index < -0.39 is 0 Å². The predicted molar refractivity (Wildman–Crippen MR) is 79.6 cm³/mol. The minimum absolute atomic E-state index is 0.384. The van der Waals surface area contributed by atoms with Gasteiger partial charge < -0.3 is 5.32 Å². The van der Waals surface area contributed by atoms with E-state index in [4.69, 9.17) is 11.6 Å². The Morgan fingerprint density at radius 2 is 2.00 bits per heavy atom. The zero-order valence-corrected chi connectivity index (χ0v) is 13.1. The molecule has 1 rings (SSSR count). The Bertz CT molecular complexity index is 334. The van der Waals surface area contributed by atoms with Crippen LogP contribution in [0.15, 0.2) is 22.7 Å². The van der Waals surface area contributed by atoms with Gasteiger partial charge in [-0.2, -0.15) is 0 Å². The Morgan fingerprint density at radius 3 is 2.53 bits per heavy atom. The molecule has 0 radical (unpaired) electrons. The summed E-state index contributed by atoms with van der Waals surface area (Å²) in [6, 6.07) is 6.53. The third kappa shape index (κ3) is 4.61. The normalized spacial score (nSPS) is 14.6. The van der Waals surface area contributed by atoms with Gasteiger partial charge in [0.05, 0.1) is 0 Å². The molecule has 0 aliphatic rings. The molecule has 0 fully saturated rings. The maximum atomic E-state index is 6.12. The van der Waals surface area contributed by atoms with Crippen LogP contribution in [0, 0.1) is 5.92 Å². The lowest BCUT2D eigenvalue weighted by atomic mass is 9.92. The first-order chi connectivity index (χ1) is 8.08. The summed E-state index contributed by atoms with van der Waals surface area (Å²) in [6.07, 6.45) is 2.31. The molecule has 17 heavy (non-hydrogen) atoms. The van der Waals surface area contributed by atoms with Crippen molar-refractivity contribution in [3.63, 3.8) is 0 Å². The maximum Gasteiger partial charge on any atom is 0.0420 e. The fraction of sp³-hybridized carbons (Fsp3) is 0.571. The van der Waals surface area contributed by atoms with Gasteiger partial charge >= 0.3 is 0 Å². The summed E-state index contributed by atoms with van der Waals surface area (Å²) in [4.78, 5) is 0. The van der Waals surface area contributed by atoms with Gasteiger partial charge in [0.1, 0.15) is 0 Å². The third-order valence-electron chi connectivity index (χ3n) is 3.07. The molecule has 96 valence electrons. The first-order valence-electron chi connectivity index (χ1n) is 6.27. The molecule has 1 aromatic carbocycles. The minimum Gasteiger partial charge on any atom is -0.310 e. The predicted octanol–water partition coefficient (Wildman–Crippen LogP) is 5.19. The lowest BCUT2D eigenvalue weighted by molar-refractivity contribution is 0.377. The lowest BCUT2D eigenvalue weighted by Gasteiger charge is -2.25. The van der Waals surface area contributed by atoms with Crippen molar-refractivity contribution < 1.29 is 0 Å². The fourth-order valence-corrected chi connectivity index (χ4v) is 2.82. The molecule has 2 unspecified atom stereocenters. The van der Waals surface area contributed by atoms with E-state index in [1.54, 1.807) is 0 Å². The molecule has 3 heteroatoms. The molecule has 0 aliphatic carbocycles. The summed E-state index contributed by atoms with van der Waals surface area (Å²) < 4.78 is 1.05. The van der Waals surface area contributed by atoms with Crippen molar-refractivity contribution in [2.75, 3.05) is 6.54 Å². The topological polar surface area (TPSA) is 12.0 Å². The van der Waals surface area contributed by atoms with Crippen molar-refractivity contribution in [1.82, 2.24) is 5.32 Å². The van der Waals surface area contributed by atoms with Crippen LogP contribution in [0.25, 0.3) is 0 Å². The molecule has 0 heterocycles. The second kappa shape index (κ2) is 7.40. The molecular formula is C14H21BrClN. The van der Waals surface area contributed by atoms with E-state index in [2.05, 4.69) is 54.2 Å². The maximum absolute atomic E-state index is 6.12. The first kappa shape index (κ1) is 15.0. The van der Waals surface area contributed by atoms with E-state index >= 15 is 0 Å². The summed E-state index contributed by atoms with van der Waals surface area (Å²) in [5, 5.41) is 4.40. The van der Waals surface area contributed by atoms with Crippen LogP contribution in [0.1, 0.15) is 45.2 Å². The SMILES string of the molecule is CCCNC(c1cc(Cl)cc(Br)c1)C(C)CC. The van der Waals surface area contributed by atoms with E-state index in [1.165, 1.54) is 5.56 Å². The van der Waals surface area contributed by atoms with Crippen LogP contribution >= 0.6 is 27.5 Å². The van der Waals surface area contributed by atoms with Crippen LogP contribution in [-0.2, 0) is 0 Å². The van der Waals surface area contributed by atoms with Gasteiger partial charge in [0.15, 0.2) is 0 Å². The van der Waals surface area contributed by atoms with Crippen LogP contribution in [0.4, 0.5) is 0 Å². The van der Waals surface area contributed by atoms with Crippen LogP contribution < -0.4 is 5.32 Å². The molecule has 0 aromatic heterocycles. The third-order valence-corrected chi connectivity index (χ3v) is 3.75. The van der Waals surface area contributed by atoms with Crippen molar-refractivity contribution in [3.05, 3.63) is 33.3 Å². The lowest BCUT2D eigenvalue weighted by Crippen LogP contribution is -2.27. The molecule has 1 N–H and O–H groups in total. The van der Waals surface area contributed by atoms with E-state index in [1.807, 2.05) is 6.07 Å². The molecule has 0 aliphatic heterocycles. The molecule has 0 saturated heterocycles. The van der Waals surface area contributed by atoms with E-state index in [9.17, 15) is 0 Å². The van der Waals surface area contributed by atoms with Gasteiger partial charge in [0, 0.05) is 15.5 Å². The van der Waals surface area contributed by atoms with Gasteiger partial charge in [0.25, 0.3) is 0 Å². The highest BCUT2D eigenvalue weighted by Gasteiger charge is 2.17. The molecule has 0 saturated carbocycles. The van der Waals surface area contributed by atoms with Gasteiger partial charge in [-0.05, 0) is 42.6 Å².